The largest absolute Gasteiger partial charge is 0.497 e. The number of rotatable bonds is 7. The Labute approximate surface area is 170 Å². The van der Waals surface area contributed by atoms with Crippen molar-refractivity contribution >= 4 is 43.9 Å². The van der Waals surface area contributed by atoms with Gasteiger partial charge in [-0.15, -0.1) is 0 Å². The van der Waals surface area contributed by atoms with E-state index in [1.807, 2.05) is 30.5 Å². The Morgan fingerprint density at radius 2 is 2.14 bits per heavy atom. The third kappa shape index (κ3) is 4.01. The van der Waals surface area contributed by atoms with E-state index in [4.69, 9.17) is 4.74 Å². The number of imidazole rings is 1. The maximum atomic E-state index is 12.2. The van der Waals surface area contributed by atoms with E-state index in [0.717, 1.165) is 44.5 Å². The number of nitrogens with zero attached hydrogens (tertiary/aromatic N) is 2. The first-order chi connectivity index (χ1) is 13.6. The van der Waals surface area contributed by atoms with Crippen LogP contribution in [0.1, 0.15) is 17.8 Å². The lowest BCUT2D eigenvalue weighted by Crippen LogP contribution is -2.25. The number of carbonyl (C=O) groups is 1. The highest BCUT2D eigenvalue weighted by molar-refractivity contribution is 9.10. The number of carbonyl (C=O) groups excluding carboxylic acids is 1. The molecule has 1 aromatic carbocycles. The summed E-state index contributed by atoms with van der Waals surface area (Å²) in [6.45, 7) is 0.581. The van der Waals surface area contributed by atoms with Gasteiger partial charge in [0.15, 0.2) is 5.65 Å². The smallest absolute Gasteiger partial charge is 0.220 e. The van der Waals surface area contributed by atoms with Crippen molar-refractivity contribution in [2.75, 3.05) is 13.7 Å². The molecule has 0 bridgehead atoms. The first-order valence-electron chi connectivity index (χ1n) is 9.03. The van der Waals surface area contributed by atoms with Crippen molar-refractivity contribution in [1.82, 2.24) is 25.3 Å². The summed E-state index contributed by atoms with van der Waals surface area (Å²) in [6, 6.07) is 7.86. The number of halogens is 1. The van der Waals surface area contributed by atoms with E-state index in [1.165, 1.54) is 0 Å². The van der Waals surface area contributed by atoms with E-state index >= 15 is 0 Å². The molecule has 144 valence electrons. The van der Waals surface area contributed by atoms with Crippen LogP contribution >= 0.6 is 15.9 Å². The zero-order chi connectivity index (χ0) is 19.5. The second-order valence-electron chi connectivity index (χ2n) is 6.53. The Morgan fingerprint density at radius 1 is 1.25 bits per heavy atom. The summed E-state index contributed by atoms with van der Waals surface area (Å²) in [7, 11) is 1.66. The Balaban J connectivity index is 1.29. The number of benzene rings is 1. The molecule has 0 saturated heterocycles. The third-order valence-corrected chi connectivity index (χ3v) is 5.07. The van der Waals surface area contributed by atoms with Gasteiger partial charge in [-0.25, -0.2) is 9.97 Å². The van der Waals surface area contributed by atoms with Crippen molar-refractivity contribution in [3.05, 3.63) is 52.5 Å². The quantitative estimate of drug-likeness (QED) is 0.408. The molecule has 7 nitrogen and oxygen atoms in total. The minimum atomic E-state index is 0.00650. The number of ether oxygens (including phenoxy) is 1. The molecule has 1 amide bonds. The number of pyridine rings is 1. The SMILES string of the molecule is COc1ccc2[nH]cc(CCNC(=O)CCc3nc4ncc(Br)cc4[nH]3)c2c1. The van der Waals surface area contributed by atoms with Crippen LogP contribution in [-0.4, -0.2) is 39.5 Å². The predicted molar refractivity (Wildman–Crippen MR) is 111 cm³/mol. The van der Waals surface area contributed by atoms with Crippen LogP contribution in [0.4, 0.5) is 0 Å². The van der Waals surface area contributed by atoms with Gasteiger partial charge in [-0.2, -0.15) is 0 Å². The predicted octanol–water partition coefficient (Wildman–Crippen LogP) is 3.50. The zero-order valence-corrected chi connectivity index (χ0v) is 17.0. The number of fused-ring (bicyclic) bond motifs is 2. The first kappa shape index (κ1) is 18.5. The molecular formula is C20H20BrN5O2. The molecule has 4 rings (SSSR count). The normalized spacial score (nSPS) is 11.2. The average molecular weight is 442 g/mol. The fourth-order valence-electron chi connectivity index (χ4n) is 3.19. The molecule has 0 aliphatic rings. The van der Waals surface area contributed by atoms with E-state index in [2.05, 4.69) is 41.2 Å². The number of amides is 1. The molecule has 8 heteroatoms. The van der Waals surface area contributed by atoms with Crippen molar-refractivity contribution in [3.63, 3.8) is 0 Å². The summed E-state index contributed by atoms with van der Waals surface area (Å²) in [5.41, 5.74) is 3.74. The molecule has 0 radical (unpaired) electrons. The van der Waals surface area contributed by atoms with Gasteiger partial charge in [-0.1, -0.05) is 0 Å². The Bertz CT molecular complexity index is 1130. The summed E-state index contributed by atoms with van der Waals surface area (Å²) in [4.78, 5) is 27.3. The molecular weight excluding hydrogens is 422 g/mol. The highest BCUT2D eigenvalue weighted by Gasteiger charge is 2.09. The molecule has 0 atom stereocenters. The third-order valence-electron chi connectivity index (χ3n) is 4.63. The molecule has 4 aromatic rings. The molecule has 0 aliphatic heterocycles. The number of nitrogens with one attached hydrogen (secondary N) is 3. The van der Waals surface area contributed by atoms with Gasteiger partial charge in [0.1, 0.15) is 11.6 Å². The van der Waals surface area contributed by atoms with Gasteiger partial charge in [0.05, 0.1) is 12.6 Å². The minimum Gasteiger partial charge on any atom is -0.497 e. The Kier molecular flexibility index (Phi) is 5.29. The number of hydrogen-bond acceptors (Lipinski definition) is 4. The highest BCUT2D eigenvalue weighted by Crippen LogP contribution is 2.23. The van der Waals surface area contributed by atoms with Gasteiger partial charge in [-0.3, -0.25) is 4.79 Å². The highest BCUT2D eigenvalue weighted by atomic mass is 79.9. The van der Waals surface area contributed by atoms with Crippen LogP contribution in [0, 0.1) is 0 Å². The summed E-state index contributed by atoms with van der Waals surface area (Å²) in [5.74, 6) is 1.59. The molecule has 0 fully saturated rings. The van der Waals surface area contributed by atoms with E-state index in [9.17, 15) is 4.79 Å². The summed E-state index contributed by atoms with van der Waals surface area (Å²) < 4.78 is 6.18. The zero-order valence-electron chi connectivity index (χ0n) is 15.4. The van der Waals surface area contributed by atoms with Crippen LogP contribution in [0.25, 0.3) is 22.1 Å². The second-order valence-corrected chi connectivity index (χ2v) is 7.45. The fraction of sp³-hybridized carbons (Fsp3) is 0.250. The lowest BCUT2D eigenvalue weighted by Gasteiger charge is -2.05. The van der Waals surface area contributed by atoms with Gasteiger partial charge in [0.2, 0.25) is 5.91 Å². The Hall–Kier alpha value is -2.87. The molecule has 3 aromatic heterocycles. The van der Waals surface area contributed by atoms with Gasteiger partial charge in [0, 0.05) is 47.2 Å². The van der Waals surface area contributed by atoms with Crippen LogP contribution in [0.2, 0.25) is 0 Å². The molecule has 3 heterocycles. The van der Waals surface area contributed by atoms with Crippen LogP contribution in [0.5, 0.6) is 5.75 Å². The lowest BCUT2D eigenvalue weighted by molar-refractivity contribution is -0.121. The number of aryl methyl sites for hydroxylation is 1. The molecule has 0 unspecified atom stereocenters. The van der Waals surface area contributed by atoms with Crippen molar-refractivity contribution in [3.8, 4) is 5.75 Å². The van der Waals surface area contributed by atoms with Gasteiger partial charge >= 0.3 is 0 Å². The summed E-state index contributed by atoms with van der Waals surface area (Å²) >= 11 is 3.39. The van der Waals surface area contributed by atoms with Crippen molar-refractivity contribution in [2.45, 2.75) is 19.3 Å². The number of methoxy groups -OCH3 is 1. The Morgan fingerprint density at radius 3 is 3.00 bits per heavy atom. The molecule has 0 saturated carbocycles. The van der Waals surface area contributed by atoms with Gasteiger partial charge < -0.3 is 20.0 Å². The van der Waals surface area contributed by atoms with E-state index in [-0.39, 0.29) is 5.91 Å². The standard InChI is InChI=1S/C20H20BrN5O2/c1-28-14-2-3-16-15(9-14)12(10-23-16)6-7-22-19(27)5-4-18-25-17-8-13(21)11-24-20(17)26-18/h2-3,8-11,23H,4-7H2,1H3,(H,22,27)(H,24,25,26). The number of hydrogen-bond donors (Lipinski definition) is 3. The molecule has 28 heavy (non-hydrogen) atoms. The van der Waals surface area contributed by atoms with E-state index in [0.29, 0.717) is 25.0 Å². The van der Waals surface area contributed by atoms with Crippen LogP contribution < -0.4 is 10.1 Å². The van der Waals surface area contributed by atoms with Gasteiger partial charge in [0.25, 0.3) is 0 Å². The lowest BCUT2D eigenvalue weighted by atomic mass is 10.1. The first-order valence-corrected chi connectivity index (χ1v) is 9.82. The summed E-state index contributed by atoms with van der Waals surface area (Å²) in [6.07, 6.45) is 5.37. The van der Waals surface area contributed by atoms with Crippen LogP contribution in [-0.2, 0) is 17.6 Å². The van der Waals surface area contributed by atoms with Crippen molar-refractivity contribution in [1.29, 1.82) is 0 Å². The molecule has 0 spiro atoms. The molecule has 0 aliphatic carbocycles. The van der Waals surface area contributed by atoms with Crippen LogP contribution in [0.15, 0.2) is 41.1 Å². The molecule has 3 N–H and O–H groups in total. The average Bonchev–Trinajstić information content (AvgIpc) is 3.29. The number of aromatic nitrogens is 4. The monoisotopic (exact) mass is 441 g/mol. The second kappa shape index (κ2) is 8.02. The maximum absolute atomic E-state index is 12.2. The van der Waals surface area contributed by atoms with Crippen molar-refractivity contribution < 1.29 is 9.53 Å². The maximum Gasteiger partial charge on any atom is 0.220 e. The van der Waals surface area contributed by atoms with Crippen molar-refractivity contribution in [2.24, 2.45) is 0 Å². The van der Waals surface area contributed by atoms with E-state index in [1.54, 1.807) is 13.3 Å². The fourth-order valence-corrected chi connectivity index (χ4v) is 3.52. The minimum absolute atomic E-state index is 0.00650. The number of aromatic amines is 2. The van der Waals surface area contributed by atoms with E-state index < -0.39 is 0 Å². The topological polar surface area (TPSA) is 95.7 Å². The van der Waals surface area contributed by atoms with Gasteiger partial charge in [-0.05, 0) is 52.2 Å². The summed E-state index contributed by atoms with van der Waals surface area (Å²) in [5, 5.41) is 4.10. The number of H-pyrrole nitrogens is 2. The van der Waals surface area contributed by atoms with Crippen LogP contribution in [0.3, 0.4) is 0 Å².